The Bertz CT molecular complexity index is 132. The molecule has 1 rings (SSSR count). The second-order valence-electron chi connectivity index (χ2n) is 2.83. The molecule has 2 nitrogen and oxygen atoms in total. The number of hydrogen-bond donors (Lipinski definition) is 0. The summed E-state index contributed by atoms with van der Waals surface area (Å²) in [5.74, 6) is 0.779. The highest BCUT2D eigenvalue weighted by molar-refractivity contribution is 6.42. The zero-order chi connectivity index (χ0) is 8.10. The summed E-state index contributed by atoms with van der Waals surface area (Å²) in [5.41, 5.74) is 0. The van der Waals surface area contributed by atoms with Crippen molar-refractivity contribution in [3.63, 3.8) is 0 Å². The van der Waals surface area contributed by atoms with E-state index in [9.17, 15) is 0 Å². The van der Waals surface area contributed by atoms with Gasteiger partial charge in [-0.1, -0.05) is 6.42 Å². The van der Waals surface area contributed by atoms with Gasteiger partial charge in [0.15, 0.2) is 0 Å². The molecule has 1 saturated carbocycles. The van der Waals surface area contributed by atoms with Crippen molar-refractivity contribution in [2.24, 2.45) is 5.92 Å². The van der Waals surface area contributed by atoms with Crippen molar-refractivity contribution in [1.29, 1.82) is 0 Å². The van der Waals surface area contributed by atoms with Crippen molar-refractivity contribution in [1.82, 2.24) is 0 Å². The predicted molar refractivity (Wildman–Crippen MR) is 46.2 cm³/mol. The van der Waals surface area contributed by atoms with Gasteiger partial charge in [-0.25, -0.2) is 0 Å². The van der Waals surface area contributed by atoms with Crippen LogP contribution in [0.3, 0.4) is 0 Å². The van der Waals surface area contributed by atoms with Crippen LogP contribution < -0.4 is 0 Å². The average Bonchev–Trinajstić information content (AvgIpc) is 1.94. The third-order valence-corrected chi connectivity index (χ3v) is 3.06. The standard InChI is InChI=1S/C8H15O2Si/c1-9-11(2)10-7-6-8-4-3-5-8/h6-8H,3-5H2,1-2H3. The van der Waals surface area contributed by atoms with Crippen molar-refractivity contribution in [2.75, 3.05) is 7.11 Å². The number of allylic oxidation sites excluding steroid dienone is 1. The molecule has 0 saturated heterocycles. The second kappa shape index (κ2) is 4.57. The maximum atomic E-state index is 5.30. The lowest BCUT2D eigenvalue weighted by Crippen LogP contribution is -2.13. The Hall–Kier alpha value is -0.283. The molecule has 1 radical (unpaired) electrons. The van der Waals surface area contributed by atoms with Gasteiger partial charge in [0.05, 0.1) is 6.26 Å². The van der Waals surface area contributed by atoms with Gasteiger partial charge >= 0.3 is 9.28 Å². The Morgan fingerprint density at radius 2 is 2.18 bits per heavy atom. The van der Waals surface area contributed by atoms with Crippen LogP contribution in [0.1, 0.15) is 19.3 Å². The molecule has 0 aromatic rings. The average molecular weight is 171 g/mol. The van der Waals surface area contributed by atoms with E-state index in [0.717, 1.165) is 5.92 Å². The minimum absolute atomic E-state index is 0.779. The summed E-state index contributed by atoms with van der Waals surface area (Å²) < 4.78 is 10.3. The van der Waals surface area contributed by atoms with E-state index < -0.39 is 9.28 Å². The van der Waals surface area contributed by atoms with Gasteiger partial charge in [-0.2, -0.15) is 0 Å². The minimum atomic E-state index is -0.995. The Morgan fingerprint density at radius 3 is 2.64 bits per heavy atom. The molecule has 0 spiro atoms. The van der Waals surface area contributed by atoms with E-state index >= 15 is 0 Å². The Labute approximate surface area is 70.0 Å². The SMILES string of the molecule is CO[Si](C)OC=CC1CCC1. The first-order valence-electron chi connectivity index (χ1n) is 4.04. The number of hydrogen-bond acceptors (Lipinski definition) is 2. The molecule has 1 aliphatic rings. The summed E-state index contributed by atoms with van der Waals surface area (Å²) in [6, 6.07) is 0. The molecule has 0 aromatic heterocycles. The number of rotatable bonds is 4. The maximum Gasteiger partial charge on any atom is 0.453 e. The fourth-order valence-corrected chi connectivity index (χ4v) is 1.29. The lowest BCUT2D eigenvalue weighted by atomic mass is 9.86. The van der Waals surface area contributed by atoms with Crippen LogP contribution in [0.15, 0.2) is 12.3 Å². The second-order valence-corrected chi connectivity index (χ2v) is 4.46. The van der Waals surface area contributed by atoms with E-state index in [1.807, 2.05) is 12.8 Å². The van der Waals surface area contributed by atoms with Gasteiger partial charge in [-0.05, 0) is 31.4 Å². The van der Waals surface area contributed by atoms with E-state index in [1.165, 1.54) is 19.3 Å². The van der Waals surface area contributed by atoms with Gasteiger partial charge < -0.3 is 8.85 Å². The van der Waals surface area contributed by atoms with Gasteiger partial charge in [-0.15, -0.1) is 0 Å². The van der Waals surface area contributed by atoms with Crippen molar-refractivity contribution >= 4 is 9.28 Å². The van der Waals surface area contributed by atoms with Gasteiger partial charge in [-0.3, -0.25) is 0 Å². The molecule has 0 unspecified atom stereocenters. The van der Waals surface area contributed by atoms with Crippen LogP contribution in [0.25, 0.3) is 0 Å². The maximum absolute atomic E-state index is 5.30. The van der Waals surface area contributed by atoms with E-state index in [2.05, 4.69) is 6.08 Å². The summed E-state index contributed by atoms with van der Waals surface area (Å²) in [5, 5.41) is 0. The topological polar surface area (TPSA) is 18.5 Å². The molecule has 1 fully saturated rings. The fourth-order valence-electron chi connectivity index (χ4n) is 0.927. The predicted octanol–water partition coefficient (Wildman–Crippen LogP) is 2.08. The zero-order valence-corrected chi connectivity index (χ0v) is 8.17. The normalized spacial score (nSPS) is 19.2. The molecule has 0 aromatic carbocycles. The molecule has 11 heavy (non-hydrogen) atoms. The lowest BCUT2D eigenvalue weighted by molar-refractivity contribution is 0.307. The van der Waals surface area contributed by atoms with Crippen molar-refractivity contribution in [3.8, 4) is 0 Å². The molecule has 0 atom stereocenters. The van der Waals surface area contributed by atoms with Crippen LogP contribution in [0, 0.1) is 5.92 Å². The van der Waals surface area contributed by atoms with Gasteiger partial charge in [0.25, 0.3) is 0 Å². The van der Waals surface area contributed by atoms with Crippen molar-refractivity contribution < 1.29 is 8.85 Å². The van der Waals surface area contributed by atoms with Gasteiger partial charge in [0.2, 0.25) is 0 Å². The smallest absolute Gasteiger partial charge is 0.453 e. The highest BCUT2D eigenvalue weighted by atomic mass is 28.3. The zero-order valence-electron chi connectivity index (χ0n) is 7.17. The third-order valence-electron chi connectivity index (χ3n) is 2.02. The lowest BCUT2D eigenvalue weighted by Gasteiger charge is -2.21. The third kappa shape index (κ3) is 3.08. The van der Waals surface area contributed by atoms with Gasteiger partial charge in [0.1, 0.15) is 0 Å². The van der Waals surface area contributed by atoms with Crippen LogP contribution in [-0.2, 0) is 8.85 Å². The van der Waals surface area contributed by atoms with E-state index in [4.69, 9.17) is 8.85 Å². The molecule has 3 heteroatoms. The van der Waals surface area contributed by atoms with E-state index in [1.54, 1.807) is 7.11 Å². The van der Waals surface area contributed by atoms with E-state index in [-0.39, 0.29) is 0 Å². The largest absolute Gasteiger partial charge is 0.526 e. The summed E-state index contributed by atoms with van der Waals surface area (Å²) in [6.07, 6.45) is 8.00. The molecular formula is C8H15O2Si. The highest BCUT2D eigenvalue weighted by Crippen LogP contribution is 2.27. The first-order chi connectivity index (χ1) is 5.33. The molecule has 0 bridgehead atoms. The summed E-state index contributed by atoms with van der Waals surface area (Å²) >= 11 is 0. The van der Waals surface area contributed by atoms with Crippen molar-refractivity contribution in [3.05, 3.63) is 12.3 Å². The Balaban J connectivity index is 2.04. The van der Waals surface area contributed by atoms with Crippen LogP contribution >= 0.6 is 0 Å². The molecule has 0 N–H and O–H groups in total. The van der Waals surface area contributed by atoms with Crippen LogP contribution in [0.2, 0.25) is 6.55 Å². The summed E-state index contributed by atoms with van der Waals surface area (Å²) in [7, 11) is 0.691. The Morgan fingerprint density at radius 1 is 1.45 bits per heavy atom. The first-order valence-corrected chi connectivity index (χ1v) is 5.85. The molecule has 63 valence electrons. The fraction of sp³-hybridized carbons (Fsp3) is 0.750. The summed E-state index contributed by atoms with van der Waals surface area (Å²) in [4.78, 5) is 0. The van der Waals surface area contributed by atoms with Crippen LogP contribution in [0.4, 0.5) is 0 Å². The minimum Gasteiger partial charge on any atom is -0.526 e. The Kier molecular flexibility index (Phi) is 3.66. The van der Waals surface area contributed by atoms with Gasteiger partial charge in [0, 0.05) is 7.11 Å². The summed E-state index contributed by atoms with van der Waals surface area (Å²) in [6.45, 7) is 1.98. The monoisotopic (exact) mass is 171 g/mol. The molecule has 0 amide bonds. The molecule has 1 aliphatic carbocycles. The quantitative estimate of drug-likeness (QED) is 0.476. The van der Waals surface area contributed by atoms with E-state index in [0.29, 0.717) is 0 Å². The van der Waals surface area contributed by atoms with Crippen LogP contribution in [-0.4, -0.2) is 16.4 Å². The first kappa shape index (κ1) is 8.81. The van der Waals surface area contributed by atoms with Crippen LogP contribution in [0.5, 0.6) is 0 Å². The molecule has 0 heterocycles. The van der Waals surface area contributed by atoms with Crippen molar-refractivity contribution in [2.45, 2.75) is 25.8 Å². The molecule has 0 aliphatic heterocycles. The molecular weight excluding hydrogens is 156 g/mol. The highest BCUT2D eigenvalue weighted by Gasteiger charge is 2.13.